The Hall–Kier alpha value is -3.29. The van der Waals surface area contributed by atoms with Crippen LogP contribution in [0.2, 0.25) is 0 Å². The smallest absolute Gasteiger partial charge is 0.335 e. The van der Waals surface area contributed by atoms with Gasteiger partial charge in [-0.2, -0.15) is 0 Å². The van der Waals surface area contributed by atoms with Gasteiger partial charge in [-0.1, -0.05) is 0 Å². The van der Waals surface area contributed by atoms with Crippen LogP contribution in [-0.4, -0.2) is 43.3 Å². The molecule has 0 radical (unpaired) electrons. The number of amides is 1. The Labute approximate surface area is 150 Å². The third-order valence-electron chi connectivity index (χ3n) is 3.77. The molecular weight excluding hydrogens is 340 g/mol. The summed E-state index contributed by atoms with van der Waals surface area (Å²) in [4.78, 5) is 27.3. The molecule has 8 nitrogen and oxygen atoms in total. The number of aromatic carboxylic acids is 1. The number of carboxylic acids is 1. The highest BCUT2D eigenvalue weighted by molar-refractivity contribution is 5.96. The number of hydrogen-bond donors (Lipinski definition) is 2. The van der Waals surface area contributed by atoms with Gasteiger partial charge in [-0.15, -0.1) is 0 Å². The van der Waals surface area contributed by atoms with Crippen molar-refractivity contribution in [2.75, 3.05) is 21.3 Å². The van der Waals surface area contributed by atoms with E-state index in [4.69, 9.17) is 19.3 Å². The van der Waals surface area contributed by atoms with Crippen LogP contribution >= 0.6 is 0 Å². The number of carbonyl (C=O) groups is 2. The first-order valence-electron chi connectivity index (χ1n) is 7.71. The van der Waals surface area contributed by atoms with Crippen molar-refractivity contribution in [2.24, 2.45) is 0 Å². The minimum absolute atomic E-state index is 0.00871. The van der Waals surface area contributed by atoms with Gasteiger partial charge in [0, 0.05) is 6.20 Å². The molecule has 0 spiro atoms. The Morgan fingerprint density at radius 3 is 2.19 bits per heavy atom. The van der Waals surface area contributed by atoms with Crippen LogP contribution in [0, 0.1) is 0 Å². The number of nitrogens with zero attached hydrogens (tertiary/aromatic N) is 1. The lowest BCUT2D eigenvalue weighted by Gasteiger charge is -2.18. The highest BCUT2D eigenvalue weighted by atomic mass is 16.5. The van der Waals surface area contributed by atoms with E-state index < -0.39 is 17.9 Å². The average Bonchev–Trinajstić information content (AvgIpc) is 2.66. The van der Waals surface area contributed by atoms with Crippen molar-refractivity contribution in [1.29, 1.82) is 0 Å². The van der Waals surface area contributed by atoms with Crippen molar-refractivity contribution < 1.29 is 28.9 Å². The molecule has 0 saturated carbocycles. The van der Waals surface area contributed by atoms with Crippen LogP contribution in [0.3, 0.4) is 0 Å². The van der Waals surface area contributed by atoms with Crippen LogP contribution < -0.4 is 19.5 Å². The minimum Gasteiger partial charge on any atom is -0.493 e. The van der Waals surface area contributed by atoms with Crippen LogP contribution in [0.25, 0.3) is 0 Å². The predicted molar refractivity (Wildman–Crippen MR) is 93.2 cm³/mol. The molecule has 8 heteroatoms. The molecule has 26 heavy (non-hydrogen) atoms. The molecule has 1 aromatic carbocycles. The summed E-state index contributed by atoms with van der Waals surface area (Å²) < 4.78 is 15.9. The Bertz CT molecular complexity index is 796. The predicted octanol–water partition coefficient (Wildman–Crippen LogP) is 2.30. The Morgan fingerprint density at radius 1 is 1.08 bits per heavy atom. The molecule has 0 saturated heterocycles. The van der Waals surface area contributed by atoms with Crippen LogP contribution in [0.5, 0.6) is 17.2 Å². The maximum Gasteiger partial charge on any atom is 0.335 e. The second-order valence-corrected chi connectivity index (χ2v) is 5.39. The highest BCUT2D eigenvalue weighted by Crippen LogP contribution is 2.39. The zero-order valence-electron chi connectivity index (χ0n) is 14.9. The molecule has 1 aromatic heterocycles. The lowest BCUT2D eigenvalue weighted by Crippen LogP contribution is -2.27. The SMILES string of the molecule is COc1cc(C(C)NC(=O)c2cc(C(=O)O)ccn2)cc(OC)c1OC. The van der Waals surface area contributed by atoms with Crippen molar-refractivity contribution in [1.82, 2.24) is 10.3 Å². The molecule has 2 rings (SSSR count). The minimum atomic E-state index is -1.13. The van der Waals surface area contributed by atoms with Gasteiger partial charge in [0.2, 0.25) is 5.75 Å². The first-order chi connectivity index (χ1) is 12.4. The molecule has 0 aliphatic rings. The number of carboxylic acid groups (broad SMARTS) is 1. The number of methoxy groups -OCH3 is 3. The molecule has 2 N–H and O–H groups in total. The van der Waals surface area contributed by atoms with E-state index in [-0.39, 0.29) is 11.3 Å². The van der Waals surface area contributed by atoms with Crippen LogP contribution in [0.4, 0.5) is 0 Å². The summed E-state index contributed by atoms with van der Waals surface area (Å²) in [5.41, 5.74) is 0.733. The van der Waals surface area contributed by atoms with Crippen molar-refractivity contribution in [3.05, 3.63) is 47.3 Å². The van der Waals surface area contributed by atoms with Gasteiger partial charge in [0.15, 0.2) is 11.5 Å². The van der Waals surface area contributed by atoms with Crippen LogP contribution in [0.15, 0.2) is 30.5 Å². The van der Waals surface area contributed by atoms with E-state index in [2.05, 4.69) is 10.3 Å². The van der Waals surface area contributed by atoms with Crippen LogP contribution in [0.1, 0.15) is 39.4 Å². The van der Waals surface area contributed by atoms with Gasteiger partial charge in [0.25, 0.3) is 5.91 Å². The number of carbonyl (C=O) groups excluding carboxylic acids is 1. The second kappa shape index (κ2) is 8.19. The number of rotatable bonds is 7. The second-order valence-electron chi connectivity index (χ2n) is 5.39. The Morgan fingerprint density at radius 2 is 1.69 bits per heavy atom. The van der Waals surface area contributed by atoms with E-state index in [0.717, 1.165) is 5.56 Å². The molecule has 1 heterocycles. The summed E-state index contributed by atoms with van der Waals surface area (Å²) >= 11 is 0. The first kappa shape index (κ1) is 19.0. The molecule has 0 aliphatic heterocycles. The number of hydrogen-bond acceptors (Lipinski definition) is 6. The molecule has 1 unspecified atom stereocenters. The molecule has 0 aliphatic carbocycles. The quantitative estimate of drug-likeness (QED) is 0.780. The van der Waals surface area contributed by atoms with E-state index >= 15 is 0 Å². The fraction of sp³-hybridized carbons (Fsp3) is 0.278. The Kier molecular flexibility index (Phi) is 6.00. The summed E-state index contributed by atoms with van der Waals surface area (Å²) in [5, 5.41) is 11.8. The average molecular weight is 360 g/mol. The van der Waals surface area contributed by atoms with Crippen LogP contribution in [-0.2, 0) is 0 Å². The summed E-state index contributed by atoms with van der Waals surface area (Å²) in [6.45, 7) is 1.78. The zero-order chi connectivity index (χ0) is 19.3. The number of ether oxygens (including phenoxy) is 3. The number of pyridine rings is 1. The van der Waals surface area contributed by atoms with Crippen molar-refractivity contribution >= 4 is 11.9 Å². The normalized spacial score (nSPS) is 11.4. The topological polar surface area (TPSA) is 107 Å². The summed E-state index contributed by atoms with van der Waals surface area (Å²) in [7, 11) is 4.52. The third-order valence-corrected chi connectivity index (χ3v) is 3.77. The number of benzene rings is 1. The first-order valence-corrected chi connectivity index (χ1v) is 7.71. The van der Waals surface area contributed by atoms with E-state index in [0.29, 0.717) is 17.2 Å². The molecule has 1 amide bonds. The number of nitrogens with one attached hydrogen (secondary N) is 1. The maximum atomic E-state index is 12.4. The highest BCUT2D eigenvalue weighted by Gasteiger charge is 2.19. The standard InChI is InChI=1S/C18H20N2O6/c1-10(12-8-14(24-2)16(26-4)15(9-12)25-3)20-17(21)13-7-11(18(22)23)5-6-19-13/h5-10H,1-4H3,(H,20,21)(H,22,23). The van der Waals surface area contributed by atoms with E-state index in [9.17, 15) is 9.59 Å². The molecule has 1 atom stereocenters. The molecule has 0 fully saturated rings. The van der Waals surface area contributed by atoms with Gasteiger partial charge >= 0.3 is 5.97 Å². The van der Waals surface area contributed by atoms with Gasteiger partial charge in [0.05, 0.1) is 32.9 Å². The fourth-order valence-corrected chi connectivity index (χ4v) is 2.39. The molecule has 138 valence electrons. The van der Waals surface area contributed by atoms with E-state index in [1.165, 1.54) is 39.7 Å². The van der Waals surface area contributed by atoms with Gasteiger partial charge in [-0.05, 0) is 36.8 Å². The number of aromatic nitrogens is 1. The lowest BCUT2D eigenvalue weighted by atomic mass is 10.1. The van der Waals surface area contributed by atoms with Gasteiger partial charge < -0.3 is 24.6 Å². The largest absolute Gasteiger partial charge is 0.493 e. The lowest BCUT2D eigenvalue weighted by molar-refractivity contribution is 0.0696. The third kappa shape index (κ3) is 4.02. The van der Waals surface area contributed by atoms with Crippen molar-refractivity contribution in [3.8, 4) is 17.2 Å². The van der Waals surface area contributed by atoms with E-state index in [1.807, 2.05) is 0 Å². The molecular formula is C18H20N2O6. The molecule has 0 bridgehead atoms. The van der Waals surface area contributed by atoms with Crippen molar-refractivity contribution in [3.63, 3.8) is 0 Å². The summed E-state index contributed by atoms with van der Waals surface area (Å²) in [6.07, 6.45) is 1.28. The van der Waals surface area contributed by atoms with Crippen molar-refractivity contribution in [2.45, 2.75) is 13.0 Å². The summed E-state index contributed by atoms with van der Waals surface area (Å²) in [5.74, 6) is -0.232. The van der Waals surface area contributed by atoms with Gasteiger partial charge in [0.1, 0.15) is 5.69 Å². The van der Waals surface area contributed by atoms with Gasteiger partial charge in [-0.25, -0.2) is 4.79 Å². The Balaban J connectivity index is 2.26. The van der Waals surface area contributed by atoms with E-state index in [1.54, 1.807) is 19.1 Å². The molecule has 2 aromatic rings. The van der Waals surface area contributed by atoms with Gasteiger partial charge in [-0.3, -0.25) is 9.78 Å². The zero-order valence-corrected chi connectivity index (χ0v) is 14.9. The summed E-state index contributed by atoms with van der Waals surface area (Å²) in [6, 6.07) is 5.59. The maximum absolute atomic E-state index is 12.4. The fourth-order valence-electron chi connectivity index (χ4n) is 2.39. The monoisotopic (exact) mass is 360 g/mol.